The lowest BCUT2D eigenvalue weighted by atomic mass is 10.1. The Morgan fingerprint density at radius 2 is 1.76 bits per heavy atom. The van der Waals surface area contributed by atoms with E-state index >= 15 is 0 Å². The first-order chi connectivity index (χ1) is 9.95. The molecule has 2 rings (SSSR count). The number of benzene rings is 2. The molecule has 21 heavy (non-hydrogen) atoms. The number of phenols is 1. The molecule has 0 fully saturated rings. The fraction of sp³-hybridized carbons (Fsp3) is 0.0667. The van der Waals surface area contributed by atoms with E-state index in [0.29, 0.717) is 5.69 Å². The lowest BCUT2D eigenvalue weighted by Crippen LogP contribution is -2.14. The smallest absolute Gasteiger partial charge is 0.339 e. The maximum absolute atomic E-state index is 11.9. The number of halogens is 1. The molecular formula is C15H12BrNO4. The summed E-state index contributed by atoms with van der Waals surface area (Å²) in [6, 6.07) is 11.2. The topological polar surface area (TPSA) is 86.6 Å². The van der Waals surface area contributed by atoms with Gasteiger partial charge in [0.1, 0.15) is 11.3 Å². The van der Waals surface area contributed by atoms with Crippen molar-refractivity contribution in [3.63, 3.8) is 0 Å². The third-order valence-corrected chi connectivity index (χ3v) is 3.32. The van der Waals surface area contributed by atoms with Crippen molar-refractivity contribution in [2.24, 2.45) is 0 Å². The zero-order chi connectivity index (χ0) is 15.4. The quantitative estimate of drug-likeness (QED) is 0.791. The molecule has 0 heterocycles. The van der Waals surface area contributed by atoms with E-state index in [9.17, 15) is 14.7 Å². The van der Waals surface area contributed by atoms with Crippen LogP contribution in [0.4, 0.5) is 5.69 Å². The number of anilines is 1. The number of aromatic carboxylic acids is 1. The van der Waals surface area contributed by atoms with Crippen LogP contribution in [0.25, 0.3) is 0 Å². The summed E-state index contributed by atoms with van der Waals surface area (Å²) in [6.07, 6.45) is 0.189. The summed E-state index contributed by atoms with van der Waals surface area (Å²) in [5.74, 6) is -1.86. The van der Waals surface area contributed by atoms with E-state index in [1.807, 2.05) is 24.3 Å². The molecule has 0 aliphatic heterocycles. The Labute approximate surface area is 129 Å². The van der Waals surface area contributed by atoms with Crippen molar-refractivity contribution >= 4 is 33.5 Å². The number of rotatable bonds is 4. The van der Waals surface area contributed by atoms with Gasteiger partial charge in [-0.05, 0) is 29.8 Å². The standard InChI is InChI=1S/C15H12BrNO4/c16-10-3-1-9(2-4-10)7-14(19)17-11-5-6-12(15(20)21)13(18)8-11/h1-6,8,18H,7H2,(H,17,19)(H,20,21). The van der Waals surface area contributed by atoms with Gasteiger partial charge in [0.05, 0.1) is 6.42 Å². The van der Waals surface area contributed by atoms with Gasteiger partial charge in [0.25, 0.3) is 0 Å². The fourth-order valence-electron chi connectivity index (χ4n) is 1.78. The molecule has 0 aromatic heterocycles. The van der Waals surface area contributed by atoms with Crippen molar-refractivity contribution in [2.75, 3.05) is 5.32 Å². The summed E-state index contributed by atoms with van der Waals surface area (Å²) in [4.78, 5) is 22.6. The Hall–Kier alpha value is -2.34. The van der Waals surface area contributed by atoms with Gasteiger partial charge < -0.3 is 15.5 Å². The van der Waals surface area contributed by atoms with Crippen LogP contribution in [0.1, 0.15) is 15.9 Å². The molecule has 0 bridgehead atoms. The summed E-state index contributed by atoms with van der Waals surface area (Å²) < 4.78 is 0.931. The third-order valence-electron chi connectivity index (χ3n) is 2.79. The SMILES string of the molecule is O=C(Cc1ccc(Br)cc1)Nc1ccc(C(=O)O)c(O)c1. The van der Waals surface area contributed by atoms with Crippen molar-refractivity contribution in [3.05, 3.63) is 58.1 Å². The van der Waals surface area contributed by atoms with E-state index in [0.717, 1.165) is 10.0 Å². The Morgan fingerprint density at radius 1 is 1.10 bits per heavy atom. The van der Waals surface area contributed by atoms with E-state index in [2.05, 4.69) is 21.2 Å². The van der Waals surface area contributed by atoms with Gasteiger partial charge >= 0.3 is 5.97 Å². The molecule has 5 nitrogen and oxygen atoms in total. The van der Waals surface area contributed by atoms with Crippen LogP contribution >= 0.6 is 15.9 Å². The molecule has 108 valence electrons. The minimum absolute atomic E-state index is 0.189. The van der Waals surface area contributed by atoms with Crippen LogP contribution < -0.4 is 5.32 Å². The molecule has 0 unspecified atom stereocenters. The van der Waals surface area contributed by atoms with Gasteiger partial charge in [0.2, 0.25) is 5.91 Å². The predicted molar refractivity (Wildman–Crippen MR) is 81.5 cm³/mol. The number of nitrogens with one attached hydrogen (secondary N) is 1. The molecular weight excluding hydrogens is 338 g/mol. The lowest BCUT2D eigenvalue weighted by Gasteiger charge is -2.07. The molecule has 0 saturated heterocycles. The second-order valence-corrected chi connectivity index (χ2v) is 5.30. The summed E-state index contributed by atoms with van der Waals surface area (Å²) in [7, 11) is 0. The maximum Gasteiger partial charge on any atom is 0.339 e. The van der Waals surface area contributed by atoms with Crippen LogP contribution in [-0.2, 0) is 11.2 Å². The first-order valence-corrected chi connectivity index (χ1v) is 6.85. The lowest BCUT2D eigenvalue weighted by molar-refractivity contribution is -0.115. The molecule has 0 atom stereocenters. The van der Waals surface area contributed by atoms with E-state index in [1.165, 1.54) is 18.2 Å². The molecule has 0 radical (unpaired) electrons. The number of hydrogen-bond acceptors (Lipinski definition) is 3. The average molecular weight is 350 g/mol. The van der Waals surface area contributed by atoms with Crippen molar-refractivity contribution in [3.8, 4) is 5.75 Å². The molecule has 0 spiro atoms. The Bertz CT molecular complexity index is 683. The van der Waals surface area contributed by atoms with Crippen molar-refractivity contribution in [1.29, 1.82) is 0 Å². The van der Waals surface area contributed by atoms with Gasteiger partial charge in [-0.1, -0.05) is 28.1 Å². The number of carbonyl (C=O) groups excluding carboxylic acids is 1. The number of aromatic hydroxyl groups is 1. The minimum Gasteiger partial charge on any atom is -0.507 e. The van der Waals surface area contributed by atoms with Gasteiger partial charge in [-0.2, -0.15) is 0 Å². The van der Waals surface area contributed by atoms with Gasteiger partial charge in [0, 0.05) is 16.2 Å². The molecule has 0 saturated carbocycles. The highest BCUT2D eigenvalue weighted by Crippen LogP contribution is 2.22. The highest BCUT2D eigenvalue weighted by Gasteiger charge is 2.11. The first-order valence-electron chi connectivity index (χ1n) is 6.06. The highest BCUT2D eigenvalue weighted by atomic mass is 79.9. The van der Waals surface area contributed by atoms with Crippen LogP contribution in [0, 0.1) is 0 Å². The van der Waals surface area contributed by atoms with Crippen LogP contribution in [0.2, 0.25) is 0 Å². The number of carbonyl (C=O) groups is 2. The zero-order valence-electron chi connectivity index (χ0n) is 10.8. The van der Waals surface area contributed by atoms with E-state index in [-0.39, 0.29) is 23.6 Å². The van der Waals surface area contributed by atoms with Crippen molar-refractivity contribution in [2.45, 2.75) is 6.42 Å². The van der Waals surface area contributed by atoms with Gasteiger partial charge in [-0.15, -0.1) is 0 Å². The second kappa shape index (κ2) is 6.41. The predicted octanol–water partition coefficient (Wildman–Crippen LogP) is 3.03. The monoisotopic (exact) mass is 349 g/mol. The average Bonchev–Trinajstić information content (AvgIpc) is 2.41. The van der Waals surface area contributed by atoms with Gasteiger partial charge in [-0.3, -0.25) is 4.79 Å². The molecule has 2 aromatic carbocycles. The Balaban J connectivity index is 2.04. The normalized spacial score (nSPS) is 10.1. The molecule has 6 heteroatoms. The third kappa shape index (κ3) is 4.06. The van der Waals surface area contributed by atoms with E-state index in [1.54, 1.807) is 0 Å². The molecule has 3 N–H and O–H groups in total. The summed E-state index contributed by atoms with van der Waals surface area (Å²) in [5, 5.41) is 21.0. The maximum atomic E-state index is 11.9. The number of carboxylic acids is 1. The molecule has 1 amide bonds. The summed E-state index contributed by atoms with van der Waals surface area (Å²) in [6.45, 7) is 0. The van der Waals surface area contributed by atoms with E-state index in [4.69, 9.17) is 5.11 Å². The molecule has 0 aliphatic rings. The minimum atomic E-state index is -1.22. The molecule has 0 aliphatic carbocycles. The van der Waals surface area contributed by atoms with E-state index < -0.39 is 5.97 Å². The summed E-state index contributed by atoms with van der Waals surface area (Å²) >= 11 is 3.32. The largest absolute Gasteiger partial charge is 0.507 e. The molecule has 2 aromatic rings. The van der Waals surface area contributed by atoms with Crippen molar-refractivity contribution in [1.82, 2.24) is 0 Å². The van der Waals surface area contributed by atoms with Crippen molar-refractivity contribution < 1.29 is 19.8 Å². The number of carboxylic acid groups (broad SMARTS) is 1. The highest BCUT2D eigenvalue weighted by molar-refractivity contribution is 9.10. The number of hydrogen-bond donors (Lipinski definition) is 3. The van der Waals surface area contributed by atoms with Crippen LogP contribution in [0.15, 0.2) is 46.9 Å². The summed E-state index contributed by atoms with van der Waals surface area (Å²) in [5.41, 5.74) is 0.989. The zero-order valence-corrected chi connectivity index (χ0v) is 12.4. The van der Waals surface area contributed by atoms with Crippen LogP contribution in [0.3, 0.4) is 0 Å². The van der Waals surface area contributed by atoms with Gasteiger partial charge in [0.15, 0.2) is 0 Å². The fourth-order valence-corrected chi connectivity index (χ4v) is 2.05. The second-order valence-electron chi connectivity index (χ2n) is 4.39. The van der Waals surface area contributed by atoms with Crippen LogP contribution in [0.5, 0.6) is 5.75 Å². The first kappa shape index (κ1) is 15.1. The Kier molecular flexibility index (Phi) is 4.59. The number of amides is 1. The van der Waals surface area contributed by atoms with Gasteiger partial charge in [-0.25, -0.2) is 4.79 Å². The van der Waals surface area contributed by atoms with Crippen LogP contribution in [-0.4, -0.2) is 22.1 Å². The Morgan fingerprint density at radius 3 is 2.33 bits per heavy atom.